The van der Waals surface area contributed by atoms with Gasteiger partial charge in [0.15, 0.2) is 0 Å². The molecular weight excluding hydrogens is 289 g/mol. The van der Waals surface area contributed by atoms with Crippen molar-refractivity contribution >= 4 is 11.6 Å². The molecule has 0 spiro atoms. The summed E-state index contributed by atoms with van der Waals surface area (Å²) in [6, 6.07) is 4.81. The maximum atomic E-state index is 12.5. The first kappa shape index (κ1) is 14.7. The fourth-order valence-electron chi connectivity index (χ4n) is 1.55. The van der Waals surface area contributed by atoms with Gasteiger partial charge >= 0.3 is 11.9 Å². The highest BCUT2D eigenvalue weighted by Gasteiger charge is 2.30. The molecule has 0 unspecified atom stereocenters. The zero-order chi connectivity index (χ0) is 15.5. The van der Waals surface area contributed by atoms with Gasteiger partial charge in [-0.2, -0.15) is 13.2 Å². The molecule has 110 valence electrons. The van der Waals surface area contributed by atoms with Gasteiger partial charge in [0.25, 0.3) is 0 Å². The maximum absolute atomic E-state index is 12.5. The van der Waals surface area contributed by atoms with Crippen LogP contribution >= 0.6 is 0 Å². The predicted octanol–water partition coefficient (Wildman–Crippen LogP) is 3.02. The van der Waals surface area contributed by atoms with Gasteiger partial charge in [0.1, 0.15) is 12.4 Å². The quantitative estimate of drug-likeness (QED) is 0.693. The molecule has 1 aromatic carbocycles. The smallest absolute Gasteiger partial charge is 0.350 e. The number of nitro groups is 1. The number of hydrogen-bond donors (Lipinski definition) is 1. The van der Waals surface area contributed by atoms with Crippen LogP contribution in [0.25, 0.3) is 0 Å². The molecule has 0 aliphatic rings. The molecule has 0 bridgehead atoms. The Hall–Kier alpha value is -2.71. The Morgan fingerprint density at radius 3 is 2.48 bits per heavy atom. The van der Waals surface area contributed by atoms with Crippen molar-refractivity contribution in [2.45, 2.75) is 12.7 Å². The molecule has 0 aliphatic carbocycles. The van der Waals surface area contributed by atoms with Crippen molar-refractivity contribution in [1.29, 1.82) is 0 Å². The first-order chi connectivity index (χ1) is 9.86. The molecule has 0 amide bonds. The van der Waals surface area contributed by atoms with Crippen molar-refractivity contribution in [3.63, 3.8) is 0 Å². The lowest BCUT2D eigenvalue weighted by Gasteiger charge is -2.09. The van der Waals surface area contributed by atoms with E-state index in [0.717, 1.165) is 24.5 Å². The normalized spacial score (nSPS) is 11.2. The van der Waals surface area contributed by atoms with Gasteiger partial charge in [0.05, 0.1) is 10.5 Å². The Bertz CT molecular complexity index is 644. The molecular formula is C12H9F3N4O2. The Morgan fingerprint density at radius 1 is 1.24 bits per heavy atom. The number of nitrogens with zero attached hydrogens (tertiary/aromatic N) is 3. The molecule has 6 nitrogen and oxygen atoms in total. The van der Waals surface area contributed by atoms with Crippen LogP contribution in [0.2, 0.25) is 0 Å². The third-order valence-electron chi connectivity index (χ3n) is 2.55. The van der Waals surface area contributed by atoms with Crippen molar-refractivity contribution in [3.8, 4) is 0 Å². The first-order valence-corrected chi connectivity index (χ1v) is 5.73. The number of aromatic nitrogens is 2. The van der Waals surface area contributed by atoms with Crippen LogP contribution < -0.4 is 5.32 Å². The van der Waals surface area contributed by atoms with E-state index in [1.165, 1.54) is 12.1 Å². The molecule has 2 rings (SSSR count). The van der Waals surface area contributed by atoms with E-state index in [4.69, 9.17) is 0 Å². The monoisotopic (exact) mass is 298 g/mol. The molecule has 0 aliphatic heterocycles. The minimum Gasteiger partial charge on any atom is -0.350 e. The molecule has 1 aromatic heterocycles. The third kappa shape index (κ3) is 3.88. The van der Waals surface area contributed by atoms with Crippen LogP contribution in [0.1, 0.15) is 11.1 Å². The molecule has 21 heavy (non-hydrogen) atoms. The van der Waals surface area contributed by atoms with Gasteiger partial charge in [0, 0.05) is 6.54 Å². The summed E-state index contributed by atoms with van der Waals surface area (Å²) in [5.74, 6) is 0.0954. The summed E-state index contributed by atoms with van der Waals surface area (Å²) in [6.07, 6.45) is -2.37. The van der Waals surface area contributed by atoms with Gasteiger partial charge in [-0.15, -0.1) is 0 Å². The summed E-state index contributed by atoms with van der Waals surface area (Å²) >= 11 is 0. The largest absolute Gasteiger partial charge is 0.416 e. The number of benzene rings is 1. The van der Waals surface area contributed by atoms with E-state index in [9.17, 15) is 23.3 Å². The number of alkyl halides is 3. The van der Waals surface area contributed by atoms with Gasteiger partial charge < -0.3 is 5.32 Å². The van der Waals surface area contributed by atoms with E-state index in [0.29, 0.717) is 5.56 Å². The Morgan fingerprint density at radius 2 is 1.90 bits per heavy atom. The molecule has 2 aromatic rings. The van der Waals surface area contributed by atoms with Crippen LogP contribution in [0.5, 0.6) is 0 Å². The molecule has 0 fully saturated rings. The van der Waals surface area contributed by atoms with Gasteiger partial charge in [-0.05, 0) is 17.7 Å². The zero-order valence-corrected chi connectivity index (χ0v) is 10.5. The van der Waals surface area contributed by atoms with E-state index < -0.39 is 16.7 Å². The van der Waals surface area contributed by atoms with Crippen molar-refractivity contribution in [2.75, 3.05) is 5.32 Å². The second kappa shape index (κ2) is 5.73. The Balaban J connectivity index is 2.04. The summed E-state index contributed by atoms with van der Waals surface area (Å²) in [5.41, 5.74) is -0.613. The predicted molar refractivity (Wildman–Crippen MR) is 67.5 cm³/mol. The van der Waals surface area contributed by atoms with Crippen molar-refractivity contribution in [2.24, 2.45) is 0 Å². The van der Waals surface area contributed by atoms with Gasteiger partial charge in [-0.3, -0.25) is 10.1 Å². The Labute approximate surface area is 116 Å². The third-order valence-corrected chi connectivity index (χ3v) is 2.55. The maximum Gasteiger partial charge on any atom is 0.416 e. The molecule has 0 atom stereocenters. The number of halogens is 3. The summed E-state index contributed by atoms with van der Waals surface area (Å²) in [5, 5.41) is 13.1. The lowest BCUT2D eigenvalue weighted by Crippen LogP contribution is -2.08. The SMILES string of the molecule is O=[N+]([O-])c1cnc(NCc2cccc(C(F)(F)F)c2)nc1. The van der Waals surface area contributed by atoms with Crippen LogP contribution in [0.15, 0.2) is 36.7 Å². The van der Waals surface area contributed by atoms with E-state index in [1.54, 1.807) is 0 Å². The first-order valence-electron chi connectivity index (χ1n) is 5.73. The lowest BCUT2D eigenvalue weighted by molar-refractivity contribution is -0.385. The number of nitrogens with one attached hydrogen (secondary N) is 1. The van der Waals surface area contributed by atoms with Crippen molar-refractivity contribution in [1.82, 2.24) is 9.97 Å². The summed E-state index contributed by atoms with van der Waals surface area (Å²) in [7, 11) is 0. The standard InChI is InChI=1S/C12H9F3N4O2/c13-12(14,15)9-3-1-2-8(4-9)5-16-11-17-6-10(7-18-11)19(20)21/h1-4,6-7H,5H2,(H,16,17,18). The van der Waals surface area contributed by atoms with Crippen molar-refractivity contribution < 1.29 is 18.1 Å². The van der Waals surface area contributed by atoms with Crippen LogP contribution in [-0.4, -0.2) is 14.9 Å². The second-order valence-corrected chi connectivity index (χ2v) is 4.07. The lowest BCUT2D eigenvalue weighted by atomic mass is 10.1. The number of rotatable bonds is 4. The Kier molecular flexibility index (Phi) is 4.01. The van der Waals surface area contributed by atoms with E-state index in [1.807, 2.05) is 0 Å². The van der Waals surface area contributed by atoms with Crippen LogP contribution in [-0.2, 0) is 12.7 Å². The zero-order valence-electron chi connectivity index (χ0n) is 10.5. The van der Waals surface area contributed by atoms with Crippen LogP contribution in [0, 0.1) is 10.1 Å². The summed E-state index contributed by atoms with van der Waals surface area (Å²) < 4.78 is 37.6. The molecule has 0 radical (unpaired) electrons. The molecule has 0 saturated carbocycles. The topological polar surface area (TPSA) is 81.0 Å². The minimum absolute atomic E-state index is 0.0712. The van der Waals surface area contributed by atoms with Gasteiger partial charge in [-0.1, -0.05) is 12.1 Å². The van der Waals surface area contributed by atoms with Crippen molar-refractivity contribution in [3.05, 3.63) is 57.9 Å². The molecule has 1 N–H and O–H groups in total. The van der Waals surface area contributed by atoms with E-state index in [2.05, 4.69) is 15.3 Å². The van der Waals surface area contributed by atoms with E-state index >= 15 is 0 Å². The van der Waals surface area contributed by atoms with Gasteiger partial charge in [0.2, 0.25) is 5.95 Å². The minimum atomic E-state index is -4.40. The average molecular weight is 298 g/mol. The highest BCUT2D eigenvalue weighted by atomic mass is 19.4. The summed E-state index contributed by atoms with van der Waals surface area (Å²) in [6.45, 7) is 0.0712. The average Bonchev–Trinajstić information content (AvgIpc) is 2.45. The highest BCUT2D eigenvalue weighted by Crippen LogP contribution is 2.29. The van der Waals surface area contributed by atoms with Gasteiger partial charge in [-0.25, -0.2) is 9.97 Å². The molecule has 1 heterocycles. The molecule has 9 heteroatoms. The molecule has 0 saturated heterocycles. The highest BCUT2D eigenvalue weighted by molar-refractivity contribution is 5.33. The summed E-state index contributed by atoms with van der Waals surface area (Å²) in [4.78, 5) is 17.2. The number of anilines is 1. The van der Waals surface area contributed by atoms with Crippen LogP contribution in [0.4, 0.5) is 24.8 Å². The second-order valence-electron chi connectivity index (χ2n) is 4.07. The van der Waals surface area contributed by atoms with Crippen LogP contribution in [0.3, 0.4) is 0 Å². The fraction of sp³-hybridized carbons (Fsp3) is 0.167. The fourth-order valence-corrected chi connectivity index (χ4v) is 1.55. The number of hydrogen-bond acceptors (Lipinski definition) is 5. The van der Waals surface area contributed by atoms with E-state index in [-0.39, 0.29) is 18.2 Å².